The van der Waals surface area contributed by atoms with Gasteiger partial charge in [-0.15, -0.1) is 0 Å². The zero-order valence-electron chi connectivity index (χ0n) is 8.01. The highest BCUT2D eigenvalue weighted by Gasteiger charge is 2.16. The lowest BCUT2D eigenvalue weighted by Gasteiger charge is -2.14. The Kier molecular flexibility index (Phi) is 2.23. The van der Waals surface area contributed by atoms with Crippen LogP contribution in [0.1, 0.15) is 30.5 Å². The largest absolute Gasteiger partial charge is 0.384 e. The van der Waals surface area contributed by atoms with Gasteiger partial charge in [-0.05, 0) is 24.0 Å². The molecule has 1 aliphatic rings. The molecule has 2 rings (SSSR count). The smallest absolute Gasteiger partial charge is 0.0421 e. The highest BCUT2D eigenvalue weighted by Crippen LogP contribution is 2.30. The molecule has 1 aromatic carbocycles. The third-order valence-corrected chi connectivity index (χ3v) is 2.72. The number of rotatable bonds is 2. The molecule has 0 saturated heterocycles. The van der Waals surface area contributed by atoms with Crippen LogP contribution in [0.3, 0.4) is 0 Å². The van der Waals surface area contributed by atoms with Gasteiger partial charge >= 0.3 is 0 Å². The molecule has 0 bridgehead atoms. The predicted octanol–water partition coefficient (Wildman–Crippen LogP) is 2.06. The molecule has 2 nitrogen and oxygen atoms in total. The lowest BCUT2D eigenvalue weighted by Crippen LogP contribution is -2.10. The lowest BCUT2D eigenvalue weighted by molar-refractivity contribution is 0.700. The van der Waals surface area contributed by atoms with Crippen molar-refractivity contribution in [3.8, 4) is 0 Å². The Labute approximate surface area is 79.1 Å². The summed E-state index contributed by atoms with van der Waals surface area (Å²) in [6, 6.07) is 6.60. The first-order valence-corrected chi connectivity index (χ1v) is 4.94. The van der Waals surface area contributed by atoms with Crippen LogP contribution in [0.5, 0.6) is 0 Å². The van der Waals surface area contributed by atoms with Crippen LogP contribution in [0, 0.1) is 0 Å². The second kappa shape index (κ2) is 3.38. The fourth-order valence-corrected chi connectivity index (χ4v) is 1.89. The first-order valence-electron chi connectivity index (χ1n) is 4.94. The van der Waals surface area contributed by atoms with Gasteiger partial charge in [0.05, 0.1) is 0 Å². The number of anilines is 1. The van der Waals surface area contributed by atoms with Gasteiger partial charge in [0.15, 0.2) is 0 Å². The number of hydrogen-bond acceptors (Lipinski definition) is 2. The fraction of sp³-hybridized carbons (Fsp3) is 0.455. The van der Waals surface area contributed by atoms with Crippen molar-refractivity contribution in [3.63, 3.8) is 0 Å². The molecular weight excluding hydrogens is 160 g/mol. The van der Waals surface area contributed by atoms with Crippen LogP contribution in [0.2, 0.25) is 0 Å². The molecule has 70 valence electrons. The molecule has 1 atom stereocenters. The van der Waals surface area contributed by atoms with Crippen LogP contribution in [0.4, 0.5) is 5.69 Å². The van der Waals surface area contributed by atoms with Crippen molar-refractivity contribution >= 4 is 5.69 Å². The number of nitrogens with one attached hydrogen (secondary N) is 1. The number of fused-ring (bicyclic) bond motifs is 1. The van der Waals surface area contributed by atoms with E-state index in [9.17, 15) is 0 Å². The van der Waals surface area contributed by atoms with Gasteiger partial charge in [-0.25, -0.2) is 0 Å². The number of benzene rings is 1. The number of para-hydroxylation sites is 1. The Morgan fingerprint density at radius 3 is 3.15 bits per heavy atom. The summed E-state index contributed by atoms with van der Waals surface area (Å²) in [5, 5.41) is 3.40. The standard InChI is InChI=1S/C11H16N2/c1-2-10(12)9-5-3-4-8-6-7-13-11(8)9/h3-5,10,13H,2,6-7,12H2,1H3. The molecule has 0 saturated carbocycles. The van der Waals surface area contributed by atoms with Gasteiger partial charge in [0, 0.05) is 18.3 Å². The molecule has 1 heterocycles. The first-order chi connectivity index (χ1) is 6.33. The minimum atomic E-state index is 0.181. The van der Waals surface area contributed by atoms with Gasteiger partial charge in [0.2, 0.25) is 0 Å². The zero-order valence-corrected chi connectivity index (χ0v) is 8.01. The molecule has 2 heteroatoms. The first kappa shape index (κ1) is 8.57. The van der Waals surface area contributed by atoms with E-state index >= 15 is 0 Å². The summed E-state index contributed by atoms with van der Waals surface area (Å²) in [7, 11) is 0. The molecule has 0 amide bonds. The third kappa shape index (κ3) is 1.42. The van der Waals surface area contributed by atoms with E-state index in [4.69, 9.17) is 5.73 Å². The molecule has 0 radical (unpaired) electrons. The molecule has 1 aliphatic heterocycles. The number of nitrogens with two attached hydrogens (primary N) is 1. The summed E-state index contributed by atoms with van der Waals surface area (Å²) in [5.74, 6) is 0. The van der Waals surface area contributed by atoms with Crippen LogP contribution in [0.15, 0.2) is 18.2 Å². The second-order valence-electron chi connectivity index (χ2n) is 3.57. The summed E-state index contributed by atoms with van der Waals surface area (Å²) in [6.07, 6.45) is 2.14. The summed E-state index contributed by atoms with van der Waals surface area (Å²) in [6.45, 7) is 3.18. The summed E-state index contributed by atoms with van der Waals surface area (Å²) in [4.78, 5) is 0. The van der Waals surface area contributed by atoms with Crippen molar-refractivity contribution in [1.29, 1.82) is 0 Å². The fourth-order valence-electron chi connectivity index (χ4n) is 1.89. The van der Waals surface area contributed by atoms with E-state index in [-0.39, 0.29) is 6.04 Å². The van der Waals surface area contributed by atoms with Crippen LogP contribution < -0.4 is 11.1 Å². The average molecular weight is 176 g/mol. The van der Waals surface area contributed by atoms with Gasteiger partial charge in [-0.3, -0.25) is 0 Å². The third-order valence-electron chi connectivity index (χ3n) is 2.72. The van der Waals surface area contributed by atoms with Gasteiger partial charge in [-0.2, -0.15) is 0 Å². The summed E-state index contributed by atoms with van der Waals surface area (Å²) >= 11 is 0. The number of hydrogen-bond donors (Lipinski definition) is 2. The Morgan fingerprint density at radius 2 is 2.38 bits per heavy atom. The van der Waals surface area contributed by atoms with Crippen LogP contribution in [0.25, 0.3) is 0 Å². The Morgan fingerprint density at radius 1 is 1.54 bits per heavy atom. The van der Waals surface area contributed by atoms with Gasteiger partial charge < -0.3 is 11.1 Å². The van der Waals surface area contributed by atoms with Crippen molar-refractivity contribution in [3.05, 3.63) is 29.3 Å². The van der Waals surface area contributed by atoms with E-state index < -0.39 is 0 Å². The minimum absolute atomic E-state index is 0.181. The maximum atomic E-state index is 6.03. The molecule has 0 aliphatic carbocycles. The van der Waals surface area contributed by atoms with E-state index in [2.05, 4.69) is 30.4 Å². The summed E-state index contributed by atoms with van der Waals surface area (Å²) in [5.41, 5.74) is 10.0. The minimum Gasteiger partial charge on any atom is -0.384 e. The highest BCUT2D eigenvalue weighted by molar-refractivity contribution is 5.62. The van der Waals surface area contributed by atoms with Crippen LogP contribution in [-0.2, 0) is 6.42 Å². The van der Waals surface area contributed by atoms with Crippen molar-refractivity contribution in [2.75, 3.05) is 11.9 Å². The quantitative estimate of drug-likeness (QED) is 0.724. The Balaban J connectivity index is 2.41. The van der Waals surface area contributed by atoms with Gasteiger partial charge in [-0.1, -0.05) is 25.1 Å². The maximum Gasteiger partial charge on any atom is 0.0421 e. The molecule has 3 N–H and O–H groups in total. The molecular formula is C11H16N2. The predicted molar refractivity (Wildman–Crippen MR) is 55.9 cm³/mol. The van der Waals surface area contributed by atoms with Crippen molar-refractivity contribution < 1.29 is 0 Å². The van der Waals surface area contributed by atoms with Crippen molar-refractivity contribution in [1.82, 2.24) is 0 Å². The normalized spacial score (nSPS) is 16.5. The van der Waals surface area contributed by atoms with Crippen molar-refractivity contribution in [2.24, 2.45) is 5.73 Å². The molecule has 0 aromatic heterocycles. The monoisotopic (exact) mass is 176 g/mol. The SMILES string of the molecule is CCC(N)c1cccc2c1NCC2. The topological polar surface area (TPSA) is 38.0 Å². The molecule has 1 unspecified atom stereocenters. The maximum absolute atomic E-state index is 6.03. The molecule has 13 heavy (non-hydrogen) atoms. The molecule has 1 aromatic rings. The van der Waals surface area contributed by atoms with Gasteiger partial charge in [0.25, 0.3) is 0 Å². The van der Waals surface area contributed by atoms with Crippen LogP contribution in [-0.4, -0.2) is 6.54 Å². The highest BCUT2D eigenvalue weighted by atomic mass is 14.9. The zero-order chi connectivity index (χ0) is 9.26. The van der Waals surface area contributed by atoms with E-state index in [1.54, 1.807) is 0 Å². The Hall–Kier alpha value is -1.02. The average Bonchev–Trinajstić information content (AvgIpc) is 2.63. The van der Waals surface area contributed by atoms with Crippen molar-refractivity contribution in [2.45, 2.75) is 25.8 Å². The Bertz CT molecular complexity index is 307. The summed E-state index contributed by atoms with van der Waals surface area (Å²) < 4.78 is 0. The van der Waals surface area contributed by atoms with Gasteiger partial charge in [0.1, 0.15) is 0 Å². The van der Waals surface area contributed by atoms with E-state index in [1.807, 2.05) is 0 Å². The van der Waals surface area contributed by atoms with Crippen LogP contribution >= 0.6 is 0 Å². The lowest BCUT2D eigenvalue weighted by atomic mass is 10.0. The van der Waals surface area contributed by atoms with E-state index in [1.165, 1.54) is 16.8 Å². The van der Waals surface area contributed by atoms with E-state index in [0.717, 1.165) is 19.4 Å². The molecule has 0 fully saturated rings. The van der Waals surface area contributed by atoms with E-state index in [0.29, 0.717) is 0 Å². The second-order valence-corrected chi connectivity index (χ2v) is 3.57. The molecule has 0 spiro atoms.